The number of hydrogen-bond acceptors (Lipinski definition) is 5. The molecule has 2 aromatic carbocycles. The fourth-order valence-electron chi connectivity index (χ4n) is 3.46. The normalized spacial score (nSPS) is 15.5. The van der Waals surface area contributed by atoms with Crippen molar-refractivity contribution in [2.45, 2.75) is 13.2 Å². The van der Waals surface area contributed by atoms with E-state index in [1.54, 1.807) is 16.8 Å². The summed E-state index contributed by atoms with van der Waals surface area (Å²) in [5, 5.41) is 15.1. The maximum absolute atomic E-state index is 9.79. The van der Waals surface area contributed by atoms with Crippen LogP contribution in [-0.4, -0.2) is 30.1 Å². The third kappa shape index (κ3) is 3.25. The van der Waals surface area contributed by atoms with E-state index in [-0.39, 0.29) is 0 Å². The predicted octanol–water partition coefficient (Wildman–Crippen LogP) is 3.90. The summed E-state index contributed by atoms with van der Waals surface area (Å²) < 4.78 is 7.64. The van der Waals surface area contributed by atoms with E-state index in [4.69, 9.17) is 22.1 Å². The monoisotopic (exact) mass is 405 g/mol. The second-order valence-corrected chi connectivity index (χ2v) is 7.47. The Morgan fingerprint density at radius 1 is 1.14 bits per heavy atom. The van der Waals surface area contributed by atoms with Crippen molar-refractivity contribution < 1.29 is 4.74 Å². The van der Waals surface area contributed by atoms with Crippen LogP contribution in [0, 0.1) is 18.3 Å². The maximum atomic E-state index is 9.79. The Morgan fingerprint density at radius 2 is 1.79 bits per heavy atom. The van der Waals surface area contributed by atoms with E-state index in [0.717, 1.165) is 33.8 Å². The summed E-state index contributed by atoms with van der Waals surface area (Å²) in [5.74, 6) is 0.517. The molecule has 1 aliphatic heterocycles. The van der Waals surface area contributed by atoms with Crippen molar-refractivity contribution in [2.75, 3.05) is 19.0 Å². The van der Waals surface area contributed by atoms with E-state index < -0.39 is 6.23 Å². The van der Waals surface area contributed by atoms with Crippen molar-refractivity contribution in [3.63, 3.8) is 0 Å². The average molecular weight is 406 g/mol. The molecule has 0 bridgehead atoms. The van der Waals surface area contributed by atoms with Crippen LogP contribution >= 0.6 is 11.6 Å². The van der Waals surface area contributed by atoms with Crippen molar-refractivity contribution in [1.29, 1.82) is 5.26 Å². The molecule has 6 nitrogen and oxygen atoms in total. The quantitative estimate of drug-likeness (QED) is 0.714. The number of aryl methyl sites for hydroxylation is 1. The Morgan fingerprint density at radius 3 is 2.38 bits per heavy atom. The van der Waals surface area contributed by atoms with Crippen molar-refractivity contribution in [3.8, 4) is 17.6 Å². The summed E-state index contributed by atoms with van der Waals surface area (Å²) in [4.78, 5) is 2.02. The standard InChI is InChI=1S/C22H20ClN5O/c1-13-19-20(14-4-8-16(9-5-14)27(2)3)18(12-24)21(25)29-22(19)28(26-13)17-10-6-15(23)7-11-17/h4-11,21H,25H2,1-3H3. The van der Waals surface area contributed by atoms with Gasteiger partial charge < -0.3 is 9.64 Å². The van der Waals surface area contributed by atoms with Gasteiger partial charge in [-0.1, -0.05) is 23.7 Å². The number of anilines is 1. The zero-order chi connectivity index (χ0) is 20.7. The van der Waals surface area contributed by atoms with Crippen LogP contribution in [0.2, 0.25) is 5.02 Å². The zero-order valence-electron chi connectivity index (χ0n) is 16.3. The molecule has 4 rings (SSSR count). The minimum absolute atomic E-state index is 0.383. The Bertz CT molecular complexity index is 1140. The first-order valence-corrected chi connectivity index (χ1v) is 9.48. The molecule has 3 aromatic rings. The number of ether oxygens (including phenoxy) is 1. The number of nitrogens with two attached hydrogens (primary N) is 1. The van der Waals surface area contributed by atoms with Crippen molar-refractivity contribution >= 4 is 22.9 Å². The molecule has 0 aliphatic carbocycles. The van der Waals surface area contributed by atoms with Gasteiger partial charge >= 0.3 is 0 Å². The molecule has 0 fully saturated rings. The minimum atomic E-state index is -0.877. The van der Waals surface area contributed by atoms with Gasteiger partial charge in [0.05, 0.1) is 22.5 Å². The summed E-state index contributed by atoms with van der Waals surface area (Å²) in [5.41, 5.74) is 11.6. The van der Waals surface area contributed by atoms with Crippen LogP contribution in [0.15, 0.2) is 54.1 Å². The Hall–Kier alpha value is -3.27. The van der Waals surface area contributed by atoms with Crippen LogP contribution < -0.4 is 15.4 Å². The fourth-order valence-corrected chi connectivity index (χ4v) is 3.59. The van der Waals surface area contributed by atoms with Gasteiger partial charge in [0, 0.05) is 30.4 Å². The third-order valence-corrected chi connectivity index (χ3v) is 5.18. The lowest BCUT2D eigenvalue weighted by Gasteiger charge is -2.25. The predicted molar refractivity (Wildman–Crippen MR) is 114 cm³/mol. The summed E-state index contributed by atoms with van der Waals surface area (Å²) >= 11 is 6.02. The highest BCUT2D eigenvalue weighted by Crippen LogP contribution is 2.42. The molecule has 0 saturated heterocycles. The molecule has 1 aromatic heterocycles. The van der Waals surface area contributed by atoms with Crippen LogP contribution in [0.25, 0.3) is 11.3 Å². The lowest BCUT2D eigenvalue weighted by Crippen LogP contribution is -2.33. The molecule has 2 heterocycles. The lowest BCUT2D eigenvalue weighted by atomic mass is 9.91. The first-order chi connectivity index (χ1) is 13.9. The number of benzene rings is 2. The first-order valence-electron chi connectivity index (χ1n) is 9.11. The summed E-state index contributed by atoms with van der Waals surface area (Å²) in [6.45, 7) is 1.90. The van der Waals surface area contributed by atoms with Gasteiger partial charge in [-0.3, -0.25) is 5.73 Å². The van der Waals surface area contributed by atoms with Crippen molar-refractivity contribution in [3.05, 3.63) is 75.9 Å². The Balaban J connectivity index is 1.92. The van der Waals surface area contributed by atoms with E-state index in [9.17, 15) is 5.26 Å². The Kier molecular flexibility index (Phi) is 4.79. The van der Waals surface area contributed by atoms with Gasteiger partial charge in [0.1, 0.15) is 6.07 Å². The molecule has 0 spiro atoms. The zero-order valence-corrected chi connectivity index (χ0v) is 17.1. The molecule has 2 N–H and O–H groups in total. The van der Waals surface area contributed by atoms with Gasteiger partial charge in [-0.2, -0.15) is 10.4 Å². The number of hydrogen-bond donors (Lipinski definition) is 1. The van der Waals surface area contributed by atoms with Gasteiger partial charge in [-0.05, 0) is 48.9 Å². The molecular weight excluding hydrogens is 386 g/mol. The fraction of sp³-hybridized carbons (Fsp3) is 0.182. The number of halogens is 1. The number of nitriles is 1. The highest BCUT2D eigenvalue weighted by Gasteiger charge is 2.33. The van der Waals surface area contributed by atoms with E-state index in [0.29, 0.717) is 16.5 Å². The smallest absolute Gasteiger partial charge is 0.226 e. The number of aromatic nitrogens is 2. The molecule has 29 heavy (non-hydrogen) atoms. The number of fused-ring (bicyclic) bond motifs is 1. The van der Waals surface area contributed by atoms with Crippen LogP contribution in [0.4, 0.5) is 5.69 Å². The largest absolute Gasteiger partial charge is 0.453 e. The van der Waals surface area contributed by atoms with Crippen LogP contribution in [0.3, 0.4) is 0 Å². The van der Waals surface area contributed by atoms with E-state index >= 15 is 0 Å². The molecule has 146 valence electrons. The van der Waals surface area contributed by atoms with Gasteiger partial charge in [-0.25, -0.2) is 4.68 Å². The van der Waals surface area contributed by atoms with E-state index in [1.807, 2.05) is 62.3 Å². The van der Waals surface area contributed by atoms with Gasteiger partial charge in [0.2, 0.25) is 5.88 Å². The molecule has 7 heteroatoms. The molecule has 0 saturated carbocycles. The van der Waals surface area contributed by atoms with Crippen LogP contribution in [0.5, 0.6) is 5.88 Å². The van der Waals surface area contributed by atoms with E-state index in [2.05, 4.69) is 11.2 Å². The third-order valence-electron chi connectivity index (χ3n) is 4.92. The SMILES string of the molecule is Cc1nn(-c2ccc(Cl)cc2)c2c1C(c1ccc(N(C)C)cc1)=C(C#N)C(N)O2. The second-order valence-electron chi connectivity index (χ2n) is 7.03. The average Bonchev–Trinajstić information content (AvgIpc) is 3.03. The second kappa shape index (κ2) is 7.28. The molecule has 1 aliphatic rings. The van der Waals surface area contributed by atoms with E-state index in [1.165, 1.54) is 0 Å². The topological polar surface area (TPSA) is 80.1 Å². The van der Waals surface area contributed by atoms with Gasteiger partial charge in [0.15, 0.2) is 6.23 Å². The summed E-state index contributed by atoms with van der Waals surface area (Å²) in [6, 6.07) is 17.5. The molecule has 1 atom stereocenters. The molecule has 0 radical (unpaired) electrons. The number of rotatable bonds is 3. The first kappa shape index (κ1) is 19.1. The number of nitrogens with zero attached hydrogens (tertiary/aromatic N) is 4. The van der Waals surface area contributed by atoms with Gasteiger partial charge in [-0.15, -0.1) is 0 Å². The molecule has 1 unspecified atom stereocenters. The molecule has 0 amide bonds. The highest BCUT2D eigenvalue weighted by atomic mass is 35.5. The summed E-state index contributed by atoms with van der Waals surface area (Å²) in [7, 11) is 3.97. The lowest BCUT2D eigenvalue weighted by molar-refractivity contribution is 0.228. The van der Waals surface area contributed by atoms with Crippen LogP contribution in [-0.2, 0) is 0 Å². The Labute approximate surface area is 174 Å². The van der Waals surface area contributed by atoms with Crippen molar-refractivity contribution in [2.24, 2.45) is 5.73 Å². The summed E-state index contributed by atoms with van der Waals surface area (Å²) in [6.07, 6.45) is -0.877. The molecular formula is C22H20ClN5O. The van der Waals surface area contributed by atoms with Crippen LogP contribution in [0.1, 0.15) is 16.8 Å². The maximum Gasteiger partial charge on any atom is 0.226 e. The highest BCUT2D eigenvalue weighted by molar-refractivity contribution is 6.30. The van der Waals surface area contributed by atoms with Crippen molar-refractivity contribution in [1.82, 2.24) is 9.78 Å². The van der Waals surface area contributed by atoms with Gasteiger partial charge in [0.25, 0.3) is 0 Å². The minimum Gasteiger partial charge on any atom is -0.453 e.